The molecule has 62 valence electrons. The van der Waals surface area contributed by atoms with E-state index in [2.05, 4.69) is 10.2 Å². The zero-order valence-corrected chi connectivity index (χ0v) is 7.48. The van der Waals surface area contributed by atoms with E-state index in [1.54, 1.807) is 18.0 Å². The molecule has 0 radical (unpaired) electrons. The Morgan fingerprint density at radius 3 is 3.08 bits per heavy atom. The summed E-state index contributed by atoms with van der Waals surface area (Å²) in [6, 6.07) is 3.95. The zero-order chi connectivity index (χ0) is 8.55. The maximum atomic E-state index is 5.79. The Morgan fingerprint density at radius 2 is 2.33 bits per heavy atom. The minimum absolute atomic E-state index is 0.816. The Bertz CT molecular complexity index is 408. The van der Waals surface area contributed by atoms with Crippen LogP contribution in [0.15, 0.2) is 23.2 Å². The molecule has 0 saturated heterocycles. The number of benzene rings is 1. The highest BCUT2D eigenvalue weighted by atomic mass is 32.2. The van der Waals surface area contributed by atoms with Crippen LogP contribution in [0, 0.1) is 0 Å². The van der Waals surface area contributed by atoms with E-state index in [0.29, 0.717) is 0 Å². The van der Waals surface area contributed by atoms with Crippen molar-refractivity contribution in [3.63, 3.8) is 0 Å². The maximum absolute atomic E-state index is 5.79. The predicted molar refractivity (Wildman–Crippen MR) is 52.3 cm³/mol. The summed E-state index contributed by atoms with van der Waals surface area (Å²) in [6.07, 6.45) is 3.78. The lowest BCUT2D eigenvalue weighted by Gasteiger charge is -2.00. The molecule has 0 amide bonds. The highest BCUT2D eigenvalue weighted by Crippen LogP contribution is 2.26. The van der Waals surface area contributed by atoms with Gasteiger partial charge in [0.25, 0.3) is 0 Å². The van der Waals surface area contributed by atoms with Crippen LogP contribution >= 0.6 is 11.8 Å². The molecule has 12 heavy (non-hydrogen) atoms. The number of nitrogen functional groups attached to an aromatic ring is 1. The third kappa shape index (κ3) is 1.04. The molecule has 0 aliphatic rings. The SMILES string of the molecule is CSc1cc2[nH]ncc2cc1N. The van der Waals surface area contributed by atoms with Gasteiger partial charge >= 0.3 is 0 Å². The number of H-pyrrole nitrogens is 1. The molecule has 0 aliphatic carbocycles. The largest absolute Gasteiger partial charge is 0.398 e. The molecule has 0 fully saturated rings. The molecule has 2 aromatic rings. The van der Waals surface area contributed by atoms with Crippen LogP contribution in [0.2, 0.25) is 0 Å². The molecule has 0 aliphatic heterocycles. The van der Waals surface area contributed by atoms with E-state index in [1.165, 1.54) is 0 Å². The predicted octanol–water partition coefficient (Wildman–Crippen LogP) is 1.87. The number of anilines is 1. The number of hydrogen-bond acceptors (Lipinski definition) is 3. The van der Waals surface area contributed by atoms with Gasteiger partial charge in [0.2, 0.25) is 0 Å². The molecule has 0 unspecified atom stereocenters. The second-order valence-electron chi connectivity index (χ2n) is 2.55. The van der Waals surface area contributed by atoms with Crippen molar-refractivity contribution in [3.8, 4) is 0 Å². The highest BCUT2D eigenvalue weighted by molar-refractivity contribution is 7.98. The van der Waals surface area contributed by atoms with E-state index < -0.39 is 0 Å². The highest BCUT2D eigenvalue weighted by Gasteiger charge is 2.01. The molecule has 1 heterocycles. The van der Waals surface area contributed by atoms with Crippen LogP contribution in [0.3, 0.4) is 0 Å². The standard InChI is InChI=1S/C8H9N3S/c1-12-8-3-7-5(2-6(8)9)4-10-11-7/h2-4H,9H2,1H3,(H,10,11). The summed E-state index contributed by atoms with van der Waals surface area (Å²) in [7, 11) is 0. The van der Waals surface area contributed by atoms with Crippen molar-refractivity contribution in [2.45, 2.75) is 4.90 Å². The van der Waals surface area contributed by atoms with Gasteiger partial charge in [-0.25, -0.2) is 0 Å². The van der Waals surface area contributed by atoms with Crippen LogP contribution in [0.4, 0.5) is 5.69 Å². The van der Waals surface area contributed by atoms with E-state index in [4.69, 9.17) is 5.73 Å². The van der Waals surface area contributed by atoms with Crippen molar-refractivity contribution in [3.05, 3.63) is 18.3 Å². The minimum Gasteiger partial charge on any atom is -0.398 e. The van der Waals surface area contributed by atoms with Gasteiger partial charge in [-0.3, -0.25) is 5.10 Å². The summed E-state index contributed by atoms with van der Waals surface area (Å²) < 4.78 is 0. The van der Waals surface area contributed by atoms with Crippen molar-refractivity contribution < 1.29 is 0 Å². The number of nitrogens with zero attached hydrogens (tertiary/aromatic N) is 1. The van der Waals surface area contributed by atoms with Crippen molar-refractivity contribution >= 4 is 28.4 Å². The number of thioether (sulfide) groups is 1. The number of nitrogens with two attached hydrogens (primary N) is 1. The van der Waals surface area contributed by atoms with E-state index in [9.17, 15) is 0 Å². The molecule has 1 aromatic heterocycles. The van der Waals surface area contributed by atoms with Crippen molar-refractivity contribution in [2.75, 3.05) is 12.0 Å². The maximum Gasteiger partial charge on any atom is 0.0662 e. The smallest absolute Gasteiger partial charge is 0.0662 e. The van der Waals surface area contributed by atoms with Crippen molar-refractivity contribution in [2.24, 2.45) is 0 Å². The summed E-state index contributed by atoms with van der Waals surface area (Å²) in [5.74, 6) is 0. The molecule has 0 saturated carbocycles. The first-order valence-corrected chi connectivity index (χ1v) is 4.80. The first-order chi connectivity index (χ1) is 5.81. The summed E-state index contributed by atoms with van der Waals surface area (Å²) in [5, 5.41) is 7.89. The lowest BCUT2D eigenvalue weighted by molar-refractivity contribution is 1.12. The number of aromatic amines is 1. The minimum atomic E-state index is 0.816. The fourth-order valence-electron chi connectivity index (χ4n) is 1.17. The van der Waals surface area contributed by atoms with Gasteiger partial charge in [-0.2, -0.15) is 5.10 Å². The topological polar surface area (TPSA) is 54.7 Å². The molecule has 1 aromatic carbocycles. The number of rotatable bonds is 1. The Kier molecular flexibility index (Phi) is 1.69. The van der Waals surface area contributed by atoms with Gasteiger partial charge in [-0.15, -0.1) is 11.8 Å². The molecule has 2 rings (SSSR count). The quantitative estimate of drug-likeness (QED) is 0.519. The van der Waals surface area contributed by atoms with E-state index >= 15 is 0 Å². The van der Waals surface area contributed by atoms with Crippen LogP contribution in [0.5, 0.6) is 0 Å². The Balaban J connectivity index is 2.73. The number of fused-ring (bicyclic) bond motifs is 1. The Hall–Kier alpha value is -1.16. The van der Waals surface area contributed by atoms with Crippen LogP contribution in [-0.4, -0.2) is 16.5 Å². The van der Waals surface area contributed by atoms with Gasteiger partial charge in [0.15, 0.2) is 0 Å². The normalized spacial score (nSPS) is 10.8. The van der Waals surface area contributed by atoms with E-state index in [0.717, 1.165) is 21.5 Å². The number of hydrogen-bond donors (Lipinski definition) is 2. The molecule has 4 heteroatoms. The third-order valence-corrected chi connectivity index (χ3v) is 2.58. The fraction of sp³-hybridized carbons (Fsp3) is 0.125. The monoisotopic (exact) mass is 179 g/mol. The summed E-state index contributed by atoms with van der Waals surface area (Å²) in [5.41, 5.74) is 7.65. The molecule has 0 atom stereocenters. The summed E-state index contributed by atoms with van der Waals surface area (Å²) in [4.78, 5) is 1.09. The molecule has 0 spiro atoms. The number of nitrogens with one attached hydrogen (secondary N) is 1. The van der Waals surface area contributed by atoms with Crippen LogP contribution in [0.25, 0.3) is 10.9 Å². The van der Waals surface area contributed by atoms with Gasteiger partial charge in [0, 0.05) is 16.0 Å². The summed E-state index contributed by atoms with van der Waals surface area (Å²) >= 11 is 1.64. The van der Waals surface area contributed by atoms with Gasteiger partial charge in [0.05, 0.1) is 11.7 Å². The zero-order valence-electron chi connectivity index (χ0n) is 6.66. The lowest BCUT2D eigenvalue weighted by Crippen LogP contribution is -1.87. The second-order valence-corrected chi connectivity index (χ2v) is 3.40. The van der Waals surface area contributed by atoms with Crippen molar-refractivity contribution in [1.29, 1.82) is 0 Å². The fourth-order valence-corrected chi connectivity index (χ4v) is 1.70. The van der Waals surface area contributed by atoms with Crippen LogP contribution in [0.1, 0.15) is 0 Å². The Labute approximate surface area is 74.3 Å². The molecule has 3 nitrogen and oxygen atoms in total. The van der Waals surface area contributed by atoms with Crippen LogP contribution < -0.4 is 5.73 Å². The Morgan fingerprint density at radius 1 is 1.50 bits per heavy atom. The summed E-state index contributed by atoms with van der Waals surface area (Å²) in [6.45, 7) is 0. The van der Waals surface area contributed by atoms with E-state index in [-0.39, 0.29) is 0 Å². The van der Waals surface area contributed by atoms with Gasteiger partial charge in [-0.05, 0) is 18.4 Å². The molecule has 3 N–H and O–H groups in total. The molecular formula is C8H9N3S. The first kappa shape index (κ1) is 7.49. The van der Waals surface area contributed by atoms with Crippen molar-refractivity contribution in [1.82, 2.24) is 10.2 Å². The molecule has 0 bridgehead atoms. The first-order valence-electron chi connectivity index (χ1n) is 3.58. The number of aromatic nitrogens is 2. The average molecular weight is 179 g/mol. The second kappa shape index (κ2) is 2.71. The van der Waals surface area contributed by atoms with Gasteiger partial charge < -0.3 is 5.73 Å². The third-order valence-electron chi connectivity index (χ3n) is 1.79. The lowest BCUT2D eigenvalue weighted by atomic mass is 10.2. The van der Waals surface area contributed by atoms with Gasteiger partial charge in [-0.1, -0.05) is 0 Å². The average Bonchev–Trinajstić information content (AvgIpc) is 2.49. The van der Waals surface area contributed by atoms with Crippen LogP contribution in [-0.2, 0) is 0 Å². The van der Waals surface area contributed by atoms with Gasteiger partial charge in [0.1, 0.15) is 0 Å². The van der Waals surface area contributed by atoms with E-state index in [1.807, 2.05) is 18.4 Å². The molecular weight excluding hydrogens is 170 g/mol.